The SMILES string of the molecule is CCC1CCCC(Oc2ccc3cc(Br)ccc3c2)C1. The summed E-state index contributed by atoms with van der Waals surface area (Å²) in [5, 5.41) is 2.50. The first-order valence-corrected chi connectivity index (χ1v) is 8.40. The molecule has 106 valence electrons. The van der Waals surface area contributed by atoms with Gasteiger partial charge in [-0.2, -0.15) is 0 Å². The Bertz CT molecular complexity index is 593. The van der Waals surface area contributed by atoms with Gasteiger partial charge >= 0.3 is 0 Å². The maximum atomic E-state index is 6.21. The number of hydrogen-bond acceptors (Lipinski definition) is 1. The van der Waals surface area contributed by atoms with E-state index in [4.69, 9.17) is 4.74 Å². The van der Waals surface area contributed by atoms with Gasteiger partial charge in [-0.1, -0.05) is 47.8 Å². The molecule has 0 bridgehead atoms. The van der Waals surface area contributed by atoms with E-state index in [1.54, 1.807) is 0 Å². The van der Waals surface area contributed by atoms with Crippen LogP contribution in [0.2, 0.25) is 0 Å². The average Bonchev–Trinajstić information content (AvgIpc) is 2.47. The van der Waals surface area contributed by atoms with E-state index in [2.05, 4.69) is 59.3 Å². The Labute approximate surface area is 129 Å². The second-order valence-electron chi connectivity index (χ2n) is 5.83. The zero-order valence-electron chi connectivity index (χ0n) is 11.9. The normalized spacial score (nSPS) is 22.9. The van der Waals surface area contributed by atoms with Crippen LogP contribution in [0.5, 0.6) is 5.75 Å². The van der Waals surface area contributed by atoms with Crippen molar-refractivity contribution in [3.8, 4) is 5.75 Å². The third kappa shape index (κ3) is 3.17. The molecule has 1 aliphatic rings. The number of halogens is 1. The van der Waals surface area contributed by atoms with Crippen LogP contribution < -0.4 is 4.74 Å². The Morgan fingerprint density at radius 2 is 1.90 bits per heavy atom. The van der Waals surface area contributed by atoms with Crippen LogP contribution in [-0.2, 0) is 0 Å². The molecule has 2 aromatic carbocycles. The van der Waals surface area contributed by atoms with Crippen LogP contribution in [0.1, 0.15) is 39.0 Å². The predicted molar refractivity (Wildman–Crippen MR) is 88.3 cm³/mol. The van der Waals surface area contributed by atoms with Crippen molar-refractivity contribution in [3.05, 3.63) is 40.9 Å². The lowest BCUT2D eigenvalue weighted by Crippen LogP contribution is -2.25. The van der Waals surface area contributed by atoms with Crippen molar-refractivity contribution in [1.82, 2.24) is 0 Å². The molecule has 20 heavy (non-hydrogen) atoms. The van der Waals surface area contributed by atoms with Gasteiger partial charge in [0.1, 0.15) is 5.75 Å². The smallest absolute Gasteiger partial charge is 0.120 e. The molecule has 2 unspecified atom stereocenters. The van der Waals surface area contributed by atoms with Gasteiger partial charge in [-0.3, -0.25) is 0 Å². The molecule has 0 radical (unpaired) electrons. The second-order valence-corrected chi connectivity index (χ2v) is 6.75. The van der Waals surface area contributed by atoms with Gasteiger partial charge in [-0.05, 0) is 60.2 Å². The van der Waals surface area contributed by atoms with Gasteiger partial charge in [0.05, 0.1) is 6.10 Å². The van der Waals surface area contributed by atoms with Crippen molar-refractivity contribution in [3.63, 3.8) is 0 Å². The largest absolute Gasteiger partial charge is 0.490 e. The lowest BCUT2D eigenvalue weighted by atomic mass is 9.85. The summed E-state index contributed by atoms with van der Waals surface area (Å²) in [7, 11) is 0. The zero-order chi connectivity index (χ0) is 13.9. The van der Waals surface area contributed by atoms with E-state index in [9.17, 15) is 0 Å². The minimum atomic E-state index is 0.404. The van der Waals surface area contributed by atoms with E-state index in [0.717, 1.165) is 16.1 Å². The van der Waals surface area contributed by atoms with E-state index < -0.39 is 0 Å². The maximum absolute atomic E-state index is 6.21. The molecule has 1 fully saturated rings. The van der Waals surface area contributed by atoms with Gasteiger partial charge in [0.25, 0.3) is 0 Å². The molecule has 0 saturated heterocycles. The van der Waals surface area contributed by atoms with E-state index >= 15 is 0 Å². The van der Waals surface area contributed by atoms with E-state index in [0.29, 0.717) is 6.10 Å². The summed E-state index contributed by atoms with van der Waals surface area (Å²) in [6.07, 6.45) is 6.79. The summed E-state index contributed by atoms with van der Waals surface area (Å²) in [4.78, 5) is 0. The Morgan fingerprint density at radius 3 is 2.75 bits per heavy atom. The summed E-state index contributed by atoms with van der Waals surface area (Å²) >= 11 is 3.51. The molecule has 2 atom stereocenters. The highest BCUT2D eigenvalue weighted by atomic mass is 79.9. The van der Waals surface area contributed by atoms with Crippen molar-refractivity contribution in [2.24, 2.45) is 5.92 Å². The topological polar surface area (TPSA) is 9.23 Å². The quantitative estimate of drug-likeness (QED) is 0.674. The molecule has 0 spiro atoms. The molecule has 2 heteroatoms. The Hall–Kier alpha value is -1.02. The van der Waals surface area contributed by atoms with Gasteiger partial charge < -0.3 is 4.74 Å². The Kier molecular flexibility index (Phi) is 4.30. The number of hydrogen-bond donors (Lipinski definition) is 0. The fraction of sp³-hybridized carbons (Fsp3) is 0.444. The van der Waals surface area contributed by atoms with E-state index in [1.807, 2.05) is 0 Å². The van der Waals surface area contributed by atoms with Crippen LogP contribution in [0.4, 0.5) is 0 Å². The summed E-state index contributed by atoms with van der Waals surface area (Å²) in [6, 6.07) is 12.8. The molecular weight excluding hydrogens is 312 g/mol. The Balaban J connectivity index is 1.75. The van der Waals surface area contributed by atoms with Crippen molar-refractivity contribution in [2.45, 2.75) is 45.1 Å². The molecule has 0 heterocycles. The average molecular weight is 333 g/mol. The van der Waals surface area contributed by atoms with Crippen molar-refractivity contribution >= 4 is 26.7 Å². The summed E-state index contributed by atoms with van der Waals surface area (Å²) < 4.78 is 7.34. The molecule has 0 aromatic heterocycles. The van der Waals surface area contributed by atoms with E-state index in [1.165, 1.54) is 42.9 Å². The number of ether oxygens (including phenoxy) is 1. The summed E-state index contributed by atoms with van der Waals surface area (Å²) in [6.45, 7) is 2.29. The fourth-order valence-corrected chi connectivity index (χ4v) is 3.56. The second kappa shape index (κ2) is 6.17. The molecule has 3 rings (SSSR count). The molecular formula is C18H21BrO. The molecule has 1 saturated carbocycles. The summed E-state index contributed by atoms with van der Waals surface area (Å²) in [5.74, 6) is 1.87. The molecule has 1 nitrogen and oxygen atoms in total. The molecule has 1 aliphatic carbocycles. The number of rotatable bonds is 3. The lowest BCUT2D eigenvalue weighted by molar-refractivity contribution is 0.122. The molecule has 0 aliphatic heterocycles. The Morgan fingerprint density at radius 1 is 1.10 bits per heavy atom. The third-order valence-corrected chi connectivity index (χ3v) is 4.88. The monoisotopic (exact) mass is 332 g/mol. The highest BCUT2D eigenvalue weighted by Crippen LogP contribution is 2.31. The minimum absolute atomic E-state index is 0.404. The van der Waals surface area contributed by atoms with Crippen LogP contribution in [0, 0.1) is 5.92 Å². The van der Waals surface area contributed by atoms with Gasteiger partial charge in [-0.25, -0.2) is 0 Å². The third-order valence-electron chi connectivity index (χ3n) is 4.39. The van der Waals surface area contributed by atoms with Gasteiger partial charge in [-0.15, -0.1) is 0 Å². The highest BCUT2D eigenvalue weighted by molar-refractivity contribution is 9.10. The first-order chi connectivity index (χ1) is 9.74. The number of fused-ring (bicyclic) bond motifs is 1. The van der Waals surface area contributed by atoms with Crippen LogP contribution >= 0.6 is 15.9 Å². The van der Waals surface area contributed by atoms with Gasteiger partial charge in [0, 0.05) is 4.47 Å². The highest BCUT2D eigenvalue weighted by Gasteiger charge is 2.22. The van der Waals surface area contributed by atoms with Gasteiger partial charge in [0.2, 0.25) is 0 Å². The minimum Gasteiger partial charge on any atom is -0.490 e. The lowest BCUT2D eigenvalue weighted by Gasteiger charge is -2.29. The van der Waals surface area contributed by atoms with Crippen LogP contribution in [0.15, 0.2) is 40.9 Å². The van der Waals surface area contributed by atoms with Crippen molar-refractivity contribution in [2.75, 3.05) is 0 Å². The standard InChI is InChI=1S/C18H21BrO/c1-2-13-4-3-5-17(10-13)20-18-9-7-14-11-16(19)8-6-15(14)12-18/h6-9,11-13,17H,2-5,10H2,1H3. The first kappa shape index (κ1) is 13.9. The fourth-order valence-electron chi connectivity index (χ4n) is 3.18. The molecule has 0 amide bonds. The van der Waals surface area contributed by atoms with Gasteiger partial charge in [0.15, 0.2) is 0 Å². The maximum Gasteiger partial charge on any atom is 0.120 e. The predicted octanol–water partition coefficient (Wildman–Crippen LogP) is 5.95. The van der Waals surface area contributed by atoms with E-state index in [-0.39, 0.29) is 0 Å². The molecule has 2 aromatic rings. The van der Waals surface area contributed by atoms with Crippen LogP contribution in [0.3, 0.4) is 0 Å². The summed E-state index contributed by atoms with van der Waals surface area (Å²) in [5.41, 5.74) is 0. The first-order valence-electron chi connectivity index (χ1n) is 7.60. The van der Waals surface area contributed by atoms with Crippen LogP contribution in [0.25, 0.3) is 10.8 Å². The van der Waals surface area contributed by atoms with Crippen molar-refractivity contribution in [1.29, 1.82) is 0 Å². The number of benzene rings is 2. The molecule has 0 N–H and O–H groups in total. The zero-order valence-corrected chi connectivity index (χ0v) is 13.5. The van der Waals surface area contributed by atoms with Crippen LogP contribution in [-0.4, -0.2) is 6.10 Å². The van der Waals surface area contributed by atoms with Crippen molar-refractivity contribution < 1.29 is 4.74 Å².